The van der Waals surface area contributed by atoms with Crippen molar-refractivity contribution in [2.75, 3.05) is 0 Å². The summed E-state index contributed by atoms with van der Waals surface area (Å²) in [6, 6.07) is 17.2. The van der Waals surface area contributed by atoms with Crippen LogP contribution < -0.4 is 0 Å². The molecule has 120 valence electrons. The number of rotatable bonds is 4. The Morgan fingerprint density at radius 3 is 2.38 bits per heavy atom. The molecule has 0 saturated heterocycles. The van der Waals surface area contributed by atoms with Crippen LogP contribution in [-0.2, 0) is 0 Å². The van der Waals surface area contributed by atoms with E-state index in [2.05, 4.69) is 5.10 Å². The average molecular weight is 337 g/mol. The molecule has 3 aromatic rings. The van der Waals surface area contributed by atoms with Gasteiger partial charge in [-0.15, -0.1) is 0 Å². The summed E-state index contributed by atoms with van der Waals surface area (Å²) in [4.78, 5) is 12.3. The molecule has 4 heteroatoms. The van der Waals surface area contributed by atoms with Gasteiger partial charge in [0.05, 0.1) is 11.4 Å². The fourth-order valence-corrected chi connectivity index (χ4v) is 2.75. The van der Waals surface area contributed by atoms with Gasteiger partial charge in [-0.3, -0.25) is 4.79 Å². The highest BCUT2D eigenvalue weighted by molar-refractivity contribution is 6.31. The molecular weight excluding hydrogens is 320 g/mol. The second-order valence-electron chi connectivity index (χ2n) is 5.60. The van der Waals surface area contributed by atoms with Crippen LogP contribution in [0.25, 0.3) is 11.8 Å². The topological polar surface area (TPSA) is 34.9 Å². The number of allylic oxidation sites excluding steroid dienone is 1. The number of nitrogens with zero attached hydrogens (tertiary/aromatic N) is 2. The number of carbonyl (C=O) groups is 1. The van der Waals surface area contributed by atoms with Gasteiger partial charge in [0.1, 0.15) is 5.15 Å². The predicted molar refractivity (Wildman–Crippen MR) is 97.9 cm³/mol. The van der Waals surface area contributed by atoms with E-state index in [-0.39, 0.29) is 5.78 Å². The molecule has 3 rings (SSSR count). The first-order chi connectivity index (χ1) is 11.6. The van der Waals surface area contributed by atoms with Crippen LogP contribution >= 0.6 is 11.6 Å². The average Bonchev–Trinajstić information content (AvgIpc) is 2.88. The smallest absolute Gasteiger partial charge is 0.185 e. The number of para-hydroxylation sites is 1. The van der Waals surface area contributed by atoms with Gasteiger partial charge in [-0.2, -0.15) is 5.10 Å². The van der Waals surface area contributed by atoms with E-state index in [1.165, 1.54) is 6.08 Å². The predicted octanol–water partition coefficient (Wildman–Crippen LogP) is 5.04. The van der Waals surface area contributed by atoms with Gasteiger partial charge in [0.25, 0.3) is 0 Å². The number of hydrogen-bond acceptors (Lipinski definition) is 2. The molecule has 0 spiro atoms. The standard InChI is InChI=1S/C20H17ClN2O/c1-14-8-10-16(11-9-14)19(24)13-12-18-15(2)22-23(20(18)21)17-6-4-3-5-7-17/h3-13H,1-2H3/b13-12+. The third-order valence-electron chi connectivity index (χ3n) is 3.79. The minimum Gasteiger partial charge on any atom is -0.289 e. The van der Waals surface area contributed by atoms with Crippen molar-refractivity contribution in [2.45, 2.75) is 13.8 Å². The Hall–Kier alpha value is -2.65. The van der Waals surface area contributed by atoms with Crippen molar-refractivity contribution >= 4 is 23.5 Å². The maximum atomic E-state index is 12.3. The van der Waals surface area contributed by atoms with E-state index in [0.29, 0.717) is 10.7 Å². The fraction of sp³-hybridized carbons (Fsp3) is 0.100. The van der Waals surface area contributed by atoms with Gasteiger partial charge < -0.3 is 0 Å². The number of hydrogen-bond donors (Lipinski definition) is 0. The van der Waals surface area contributed by atoms with Crippen LogP contribution in [0.15, 0.2) is 60.7 Å². The summed E-state index contributed by atoms with van der Waals surface area (Å²) < 4.78 is 1.67. The summed E-state index contributed by atoms with van der Waals surface area (Å²) in [5, 5.41) is 4.96. The van der Waals surface area contributed by atoms with Gasteiger partial charge >= 0.3 is 0 Å². The van der Waals surface area contributed by atoms with Crippen LogP contribution in [0.5, 0.6) is 0 Å². The molecule has 0 unspecified atom stereocenters. The lowest BCUT2D eigenvalue weighted by Crippen LogP contribution is -1.96. The molecular formula is C20H17ClN2O. The van der Waals surface area contributed by atoms with Crippen LogP contribution in [-0.4, -0.2) is 15.6 Å². The van der Waals surface area contributed by atoms with Crippen molar-refractivity contribution in [2.24, 2.45) is 0 Å². The molecule has 3 nitrogen and oxygen atoms in total. The van der Waals surface area contributed by atoms with Gasteiger partial charge in [-0.05, 0) is 38.1 Å². The van der Waals surface area contributed by atoms with Gasteiger partial charge in [-0.25, -0.2) is 4.68 Å². The first-order valence-electron chi connectivity index (χ1n) is 7.66. The van der Waals surface area contributed by atoms with Crippen molar-refractivity contribution in [3.8, 4) is 5.69 Å². The molecule has 0 N–H and O–H groups in total. The van der Waals surface area contributed by atoms with Crippen LogP contribution in [0.3, 0.4) is 0 Å². The second-order valence-corrected chi connectivity index (χ2v) is 5.96. The molecule has 0 fully saturated rings. The number of halogens is 1. The van der Waals surface area contributed by atoms with Crippen molar-refractivity contribution in [1.29, 1.82) is 0 Å². The Labute approximate surface area is 146 Å². The Kier molecular flexibility index (Phi) is 4.63. The van der Waals surface area contributed by atoms with Gasteiger partial charge in [0.15, 0.2) is 5.78 Å². The van der Waals surface area contributed by atoms with Gasteiger partial charge in [0, 0.05) is 11.1 Å². The van der Waals surface area contributed by atoms with E-state index in [1.807, 2.05) is 68.4 Å². The van der Waals surface area contributed by atoms with Crippen LogP contribution in [0.1, 0.15) is 27.2 Å². The Morgan fingerprint density at radius 2 is 1.71 bits per heavy atom. The molecule has 24 heavy (non-hydrogen) atoms. The Morgan fingerprint density at radius 1 is 1.04 bits per heavy atom. The van der Waals surface area contributed by atoms with Crippen molar-refractivity contribution in [3.63, 3.8) is 0 Å². The number of carbonyl (C=O) groups excluding carboxylic acids is 1. The Bertz CT molecular complexity index is 893. The first kappa shape index (κ1) is 16.2. The van der Waals surface area contributed by atoms with Gasteiger partial charge in [0.2, 0.25) is 0 Å². The molecule has 0 saturated carbocycles. The number of aromatic nitrogens is 2. The van der Waals surface area contributed by atoms with E-state index < -0.39 is 0 Å². The molecule has 2 aromatic carbocycles. The van der Waals surface area contributed by atoms with E-state index in [0.717, 1.165) is 22.5 Å². The van der Waals surface area contributed by atoms with Crippen molar-refractivity contribution in [3.05, 3.63) is 88.2 Å². The van der Waals surface area contributed by atoms with Crippen LogP contribution in [0, 0.1) is 13.8 Å². The minimum absolute atomic E-state index is 0.0575. The summed E-state index contributed by atoms with van der Waals surface area (Å²) in [5.41, 5.74) is 4.19. The quantitative estimate of drug-likeness (QED) is 0.494. The Balaban J connectivity index is 1.89. The third-order valence-corrected chi connectivity index (χ3v) is 4.15. The summed E-state index contributed by atoms with van der Waals surface area (Å²) in [6.45, 7) is 3.87. The maximum absolute atomic E-state index is 12.3. The van der Waals surface area contributed by atoms with Gasteiger partial charge in [-0.1, -0.05) is 59.6 Å². The zero-order chi connectivity index (χ0) is 17.1. The SMILES string of the molecule is Cc1ccc(C(=O)/C=C/c2c(C)nn(-c3ccccc3)c2Cl)cc1. The van der Waals surface area contributed by atoms with E-state index in [9.17, 15) is 4.79 Å². The number of benzene rings is 2. The molecule has 0 aliphatic heterocycles. The molecule has 0 aliphatic rings. The zero-order valence-electron chi connectivity index (χ0n) is 13.5. The fourth-order valence-electron chi connectivity index (χ4n) is 2.41. The summed E-state index contributed by atoms with van der Waals surface area (Å²) in [7, 11) is 0. The summed E-state index contributed by atoms with van der Waals surface area (Å²) >= 11 is 6.45. The highest BCUT2D eigenvalue weighted by Gasteiger charge is 2.12. The van der Waals surface area contributed by atoms with Crippen molar-refractivity contribution < 1.29 is 4.79 Å². The lowest BCUT2D eigenvalue weighted by atomic mass is 10.1. The van der Waals surface area contributed by atoms with Crippen LogP contribution in [0.4, 0.5) is 0 Å². The monoisotopic (exact) mass is 336 g/mol. The van der Waals surface area contributed by atoms with Crippen LogP contribution in [0.2, 0.25) is 5.15 Å². The molecule has 0 radical (unpaired) electrons. The lowest BCUT2D eigenvalue weighted by Gasteiger charge is -2.02. The zero-order valence-corrected chi connectivity index (χ0v) is 14.3. The highest BCUT2D eigenvalue weighted by Crippen LogP contribution is 2.24. The first-order valence-corrected chi connectivity index (χ1v) is 8.03. The molecule has 0 bridgehead atoms. The molecule has 0 amide bonds. The molecule has 0 aliphatic carbocycles. The lowest BCUT2D eigenvalue weighted by molar-refractivity contribution is 0.104. The minimum atomic E-state index is -0.0575. The number of ketones is 1. The van der Waals surface area contributed by atoms with E-state index >= 15 is 0 Å². The van der Waals surface area contributed by atoms with E-state index in [4.69, 9.17) is 11.6 Å². The second kappa shape index (κ2) is 6.85. The highest BCUT2D eigenvalue weighted by atomic mass is 35.5. The largest absolute Gasteiger partial charge is 0.289 e. The third kappa shape index (κ3) is 3.31. The maximum Gasteiger partial charge on any atom is 0.185 e. The molecule has 1 heterocycles. The van der Waals surface area contributed by atoms with E-state index in [1.54, 1.807) is 10.8 Å². The molecule has 0 atom stereocenters. The summed E-state index contributed by atoms with van der Waals surface area (Å²) in [5.74, 6) is -0.0575. The normalized spacial score (nSPS) is 11.1. The van der Waals surface area contributed by atoms with Crippen molar-refractivity contribution in [1.82, 2.24) is 9.78 Å². The summed E-state index contributed by atoms with van der Waals surface area (Å²) in [6.07, 6.45) is 3.27. The molecule has 1 aromatic heterocycles. The number of aryl methyl sites for hydroxylation is 2.